The van der Waals surface area contributed by atoms with Crippen molar-refractivity contribution in [2.75, 3.05) is 16.9 Å². The minimum Gasteiger partial charge on any atom is -0.504 e. The van der Waals surface area contributed by atoms with E-state index in [0.717, 1.165) is 21.5 Å². The third-order valence-electron chi connectivity index (χ3n) is 9.52. The van der Waals surface area contributed by atoms with Crippen molar-refractivity contribution >= 4 is 74.1 Å². The van der Waals surface area contributed by atoms with Crippen LogP contribution in [0.3, 0.4) is 0 Å². The number of carbonyl (C=O) groups excluding carboxylic acids is 4. The maximum Gasteiger partial charge on any atom is 0.258 e. The first-order chi connectivity index (χ1) is 21.4. The summed E-state index contributed by atoms with van der Waals surface area (Å²) in [6, 6.07) is 16.1. The van der Waals surface area contributed by atoms with Crippen molar-refractivity contribution in [2.24, 2.45) is 17.8 Å². The van der Waals surface area contributed by atoms with Gasteiger partial charge in [0.05, 0.1) is 30.3 Å². The van der Waals surface area contributed by atoms with Crippen molar-refractivity contribution < 1.29 is 33.4 Å². The summed E-state index contributed by atoms with van der Waals surface area (Å²) in [4.78, 5) is 54.4. The third kappa shape index (κ3) is 4.08. The number of anilines is 2. The molecule has 4 aliphatic rings. The highest BCUT2D eigenvalue weighted by Crippen LogP contribution is 2.66. The Morgan fingerprint density at radius 1 is 0.889 bits per heavy atom. The molecule has 1 N–H and O–H groups in total. The number of alkyl halides is 2. The van der Waals surface area contributed by atoms with Gasteiger partial charge in [-0.05, 0) is 85.0 Å². The first kappa shape index (κ1) is 30.0. The summed E-state index contributed by atoms with van der Waals surface area (Å²) in [5.74, 6) is -6.49. The second-order valence-electron chi connectivity index (χ2n) is 11.7. The highest BCUT2D eigenvalue weighted by molar-refractivity contribution is 9.10. The number of phenolic OH excluding ortho intramolecular Hbond substituents is 1. The van der Waals surface area contributed by atoms with E-state index < -0.39 is 57.0 Å². The Kier molecular flexibility index (Phi) is 6.92. The summed E-state index contributed by atoms with van der Waals surface area (Å²) in [7, 11) is 1.39. The summed E-state index contributed by atoms with van der Waals surface area (Å²) in [6.45, 7) is 0. The molecule has 6 atom stereocenters. The Balaban J connectivity index is 1.40. The standard InChI is InChI=1S/C33H24BrCl2FN2O6/c1-45-25-13-2-16(14-24(25)40)27-21-11-12-22-26(29(42)38(28(22)41)19-7-3-17(34)4-8-19)23(21)15-32(35)30(43)39(31(44)33(27,32)36)20-9-5-18(37)6-10-20/h2-11,13-14,22-23,26-27,40H,12,15H2,1H3. The van der Waals surface area contributed by atoms with Crippen LogP contribution < -0.4 is 14.5 Å². The molecule has 2 aliphatic carbocycles. The number of hydrogen-bond donors (Lipinski definition) is 1. The number of aromatic hydroxyl groups is 1. The van der Waals surface area contributed by atoms with Crippen molar-refractivity contribution in [3.05, 3.63) is 94.2 Å². The fraction of sp³-hybridized carbons (Fsp3) is 0.273. The topological polar surface area (TPSA) is 104 Å². The zero-order valence-corrected chi connectivity index (χ0v) is 26.6. The Hall–Kier alpha value is -3.73. The summed E-state index contributed by atoms with van der Waals surface area (Å²) in [5.41, 5.74) is 1.44. The van der Waals surface area contributed by atoms with E-state index in [2.05, 4.69) is 15.9 Å². The van der Waals surface area contributed by atoms with Crippen LogP contribution >= 0.6 is 39.1 Å². The number of rotatable bonds is 4. The van der Waals surface area contributed by atoms with E-state index in [1.807, 2.05) is 6.08 Å². The van der Waals surface area contributed by atoms with E-state index in [0.29, 0.717) is 16.8 Å². The lowest BCUT2D eigenvalue weighted by Crippen LogP contribution is -2.60. The van der Waals surface area contributed by atoms with E-state index in [-0.39, 0.29) is 35.9 Å². The predicted octanol–water partition coefficient (Wildman–Crippen LogP) is 6.07. The number of ether oxygens (including phenoxy) is 1. The van der Waals surface area contributed by atoms with Gasteiger partial charge in [0.1, 0.15) is 5.82 Å². The van der Waals surface area contributed by atoms with Gasteiger partial charge in [0.25, 0.3) is 11.8 Å². The molecule has 4 amide bonds. The van der Waals surface area contributed by atoms with Crippen molar-refractivity contribution in [3.63, 3.8) is 0 Å². The maximum atomic E-state index is 14.4. The van der Waals surface area contributed by atoms with Crippen LogP contribution in [0.2, 0.25) is 0 Å². The normalized spacial score (nSPS) is 30.6. The Morgan fingerprint density at radius 3 is 2.18 bits per heavy atom. The molecule has 2 aliphatic heterocycles. The summed E-state index contributed by atoms with van der Waals surface area (Å²) < 4.78 is 19.8. The molecule has 45 heavy (non-hydrogen) atoms. The SMILES string of the molecule is COc1ccc(C2C3=CCC4C(=O)N(c5ccc(Br)cc5)C(=O)C4C3CC3(Cl)C(=O)N(c4ccc(F)cc4)C(=O)C23Cl)cc1O. The van der Waals surface area contributed by atoms with Crippen molar-refractivity contribution in [3.8, 4) is 11.5 Å². The number of imide groups is 2. The number of allylic oxidation sites excluding steroid dienone is 2. The number of phenols is 1. The molecule has 0 bridgehead atoms. The van der Waals surface area contributed by atoms with E-state index >= 15 is 0 Å². The molecule has 0 radical (unpaired) electrons. The third-order valence-corrected chi connectivity index (χ3v) is 11.5. The van der Waals surface area contributed by atoms with E-state index in [1.54, 1.807) is 30.3 Å². The summed E-state index contributed by atoms with van der Waals surface area (Å²) in [6.07, 6.45) is 1.80. The molecule has 3 fully saturated rings. The smallest absolute Gasteiger partial charge is 0.258 e. The van der Waals surface area contributed by atoms with Gasteiger partial charge in [0, 0.05) is 10.4 Å². The minimum atomic E-state index is -2.10. The van der Waals surface area contributed by atoms with E-state index in [9.17, 15) is 28.7 Å². The first-order valence-corrected chi connectivity index (χ1v) is 15.7. The van der Waals surface area contributed by atoms with Gasteiger partial charge in [0.15, 0.2) is 21.2 Å². The van der Waals surface area contributed by atoms with Gasteiger partial charge in [-0.1, -0.05) is 33.6 Å². The molecule has 1 saturated carbocycles. The van der Waals surface area contributed by atoms with Crippen LogP contribution in [0.4, 0.5) is 15.8 Å². The van der Waals surface area contributed by atoms with Gasteiger partial charge in [-0.2, -0.15) is 0 Å². The van der Waals surface area contributed by atoms with Gasteiger partial charge in [-0.3, -0.25) is 24.1 Å². The number of carbonyl (C=O) groups is 4. The fourth-order valence-corrected chi connectivity index (χ4v) is 8.70. The zero-order chi connectivity index (χ0) is 32.0. The number of methoxy groups -OCH3 is 1. The van der Waals surface area contributed by atoms with E-state index in [4.69, 9.17) is 27.9 Å². The number of halogens is 4. The lowest BCUT2D eigenvalue weighted by molar-refractivity contribution is -0.125. The molecule has 2 saturated heterocycles. The lowest BCUT2D eigenvalue weighted by Gasteiger charge is -2.50. The first-order valence-electron chi connectivity index (χ1n) is 14.1. The minimum absolute atomic E-state index is 0.0838. The Labute approximate surface area is 275 Å². The van der Waals surface area contributed by atoms with Gasteiger partial charge >= 0.3 is 0 Å². The number of amides is 4. The molecule has 0 spiro atoms. The van der Waals surface area contributed by atoms with Gasteiger partial charge < -0.3 is 9.84 Å². The summed E-state index contributed by atoms with van der Waals surface area (Å²) in [5, 5.41) is 10.8. The predicted molar refractivity (Wildman–Crippen MR) is 168 cm³/mol. The van der Waals surface area contributed by atoms with Gasteiger partial charge in [0.2, 0.25) is 11.8 Å². The van der Waals surface area contributed by atoms with Crippen molar-refractivity contribution in [1.82, 2.24) is 0 Å². The van der Waals surface area contributed by atoms with Crippen molar-refractivity contribution in [1.29, 1.82) is 0 Å². The Bertz CT molecular complexity index is 1840. The average Bonchev–Trinajstić information content (AvgIpc) is 3.36. The second-order valence-corrected chi connectivity index (χ2v) is 13.8. The van der Waals surface area contributed by atoms with Crippen LogP contribution in [0.5, 0.6) is 11.5 Å². The van der Waals surface area contributed by atoms with Crippen LogP contribution in [-0.2, 0) is 19.2 Å². The fourth-order valence-electron chi connectivity index (χ4n) is 7.50. The molecule has 8 nitrogen and oxygen atoms in total. The highest BCUT2D eigenvalue weighted by atomic mass is 79.9. The van der Waals surface area contributed by atoms with Crippen LogP contribution in [0.15, 0.2) is 82.9 Å². The number of nitrogens with zero attached hydrogens (tertiary/aromatic N) is 2. The number of benzene rings is 3. The monoisotopic (exact) mass is 712 g/mol. The second kappa shape index (κ2) is 10.4. The van der Waals surface area contributed by atoms with Crippen LogP contribution in [0.25, 0.3) is 0 Å². The molecule has 230 valence electrons. The van der Waals surface area contributed by atoms with Crippen LogP contribution in [0, 0.1) is 23.6 Å². The van der Waals surface area contributed by atoms with Gasteiger partial charge in [-0.25, -0.2) is 9.29 Å². The maximum absolute atomic E-state index is 14.4. The molecule has 0 aromatic heterocycles. The molecule has 6 unspecified atom stereocenters. The average molecular weight is 714 g/mol. The number of fused-ring (bicyclic) bond motifs is 4. The largest absolute Gasteiger partial charge is 0.504 e. The molecule has 2 heterocycles. The van der Waals surface area contributed by atoms with Crippen LogP contribution in [-0.4, -0.2) is 45.6 Å². The van der Waals surface area contributed by atoms with Gasteiger partial charge in [-0.15, -0.1) is 23.2 Å². The molecule has 7 rings (SSSR count). The molecule has 3 aromatic rings. The van der Waals surface area contributed by atoms with Crippen molar-refractivity contribution in [2.45, 2.75) is 28.5 Å². The quantitative estimate of drug-likeness (QED) is 0.200. The Morgan fingerprint density at radius 2 is 1.53 bits per heavy atom. The lowest BCUT2D eigenvalue weighted by atomic mass is 9.56. The highest BCUT2D eigenvalue weighted by Gasteiger charge is 2.76. The zero-order valence-electron chi connectivity index (χ0n) is 23.5. The molecular weight excluding hydrogens is 690 g/mol. The molecular formula is C33H24BrCl2FN2O6. The van der Waals surface area contributed by atoms with Crippen LogP contribution in [0.1, 0.15) is 24.3 Å². The summed E-state index contributed by atoms with van der Waals surface area (Å²) >= 11 is 18.1. The molecule has 12 heteroatoms. The van der Waals surface area contributed by atoms with E-state index in [1.165, 1.54) is 36.3 Å². The molecule has 3 aromatic carbocycles. The number of hydrogen-bond acceptors (Lipinski definition) is 6.